The lowest BCUT2D eigenvalue weighted by molar-refractivity contribution is 0.0517. The van der Waals surface area contributed by atoms with E-state index in [2.05, 4.69) is 27.9 Å². The summed E-state index contributed by atoms with van der Waals surface area (Å²) in [4.78, 5) is 14.5. The van der Waals surface area contributed by atoms with Crippen molar-refractivity contribution < 1.29 is 9.53 Å². The smallest absolute Gasteiger partial charge is 0.407 e. The fourth-order valence-electron chi connectivity index (χ4n) is 4.10. The van der Waals surface area contributed by atoms with Crippen LogP contribution in [-0.4, -0.2) is 61.0 Å². The second kappa shape index (κ2) is 11.2. The fourth-order valence-corrected chi connectivity index (χ4v) is 4.34. The van der Waals surface area contributed by atoms with Gasteiger partial charge in [0.1, 0.15) is 5.60 Å². The van der Waals surface area contributed by atoms with E-state index in [1.165, 1.54) is 44.9 Å². The van der Waals surface area contributed by atoms with Crippen LogP contribution in [0.15, 0.2) is 0 Å². The van der Waals surface area contributed by atoms with E-state index in [4.69, 9.17) is 17.0 Å². The summed E-state index contributed by atoms with van der Waals surface area (Å²) in [6.07, 6.45) is 8.27. The van der Waals surface area contributed by atoms with Crippen molar-refractivity contribution >= 4 is 23.4 Å². The number of rotatable bonds is 6. The molecule has 0 bridgehead atoms. The molecule has 1 heterocycles. The molecule has 2 rings (SSSR count). The average molecular weight is 413 g/mol. The largest absolute Gasteiger partial charge is 0.444 e. The van der Waals surface area contributed by atoms with Crippen LogP contribution >= 0.6 is 12.2 Å². The molecule has 3 N–H and O–H groups in total. The topological polar surface area (TPSA) is 65.6 Å². The molecule has 1 unspecified atom stereocenters. The van der Waals surface area contributed by atoms with Gasteiger partial charge >= 0.3 is 6.09 Å². The molecule has 2 fully saturated rings. The summed E-state index contributed by atoms with van der Waals surface area (Å²) in [5.74, 6) is 1.22. The molecule has 1 atom stereocenters. The van der Waals surface area contributed by atoms with Gasteiger partial charge in [-0.3, -0.25) is 0 Å². The minimum Gasteiger partial charge on any atom is -0.444 e. The number of hydrogen-bond acceptors (Lipinski definition) is 4. The van der Waals surface area contributed by atoms with E-state index in [1.54, 1.807) is 0 Å². The summed E-state index contributed by atoms with van der Waals surface area (Å²) in [5.41, 5.74) is -0.483. The first-order valence-corrected chi connectivity index (χ1v) is 11.3. The average Bonchev–Trinajstić information content (AvgIpc) is 2.64. The lowest BCUT2D eigenvalue weighted by Gasteiger charge is -2.33. The molecule has 162 valence electrons. The molecule has 1 aliphatic heterocycles. The summed E-state index contributed by atoms with van der Waals surface area (Å²) in [5, 5.41) is 10.6. The van der Waals surface area contributed by atoms with Gasteiger partial charge < -0.3 is 25.6 Å². The third kappa shape index (κ3) is 8.95. The molecule has 2 aliphatic rings. The Kier molecular flexibility index (Phi) is 9.28. The summed E-state index contributed by atoms with van der Waals surface area (Å²) in [6.45, 7) is 9.43. The van der Waals surface area contributed by atoms with Gasteiger partial charge in [-0.05, 0) is 90.6 Å². The molecule has 1 amide bonds. The lowest BCUT2D eigenvalue weighted by atomic mass is 9.84. The quantitative estimate of drug-likeness (QED) is 0.582. The maximum absolute atomic E-state index is 12.1. The number of hydrogen-bond donors (Lipinski definition) is 3. The lowest BCUT2D eigenvalue weighted by Crippen LogP contribution is -2.52. The standard InChI is InChI=1S/C21H40N4O2S/c1-21(2,3)27-20(26)23-15-18(17-8-6-5-7-9-17)24-19(28)22-14-16-10-12-25(4)13-11-16/h16-18H,5-15H2,1-4H3,(H,23,26)(H2,22,24,28). The number of amides is 1. The monoisotopic (exact) mass is 412 g/mol. The van der Waals surface area contributed by atoms with Gasteiger partial charge in [-0.1, -0.05) is 19.3 Å². The van der Waals surface area contributed by atoms with Crippen LogP contribution in [0.3, 0.4) is 0 Å². The number of carbonyl (C=O) groups is 1. The van der Waals surface area contributed by atoms with E-state index in [9.17, 15) is 4.79 Å². The number of ether oxygens (including phenoxy) is 1. The number of alkyl carbamates (subject to hydrolysis) is 1. The molecule has 0 radical (unpaired) electrons. The van der Waals surface area contributed by atoms with E-state index in [-0.39, 0.29) is 12.1 Å². The first-order valence-electron chi connectivity index (χ1n) is 10.9. The predicted octanol–water partition coefficient (Wildman–Crippen LogP) is 3.27. The molecule has 1 saturated carbocycles. The Labute approximate surface area is 176 Å². The first-order chi connectivity index (χ1) is 13.2. The number of likely N-dealkylation sites (tertiary alicyclic amines) is 1. The Balaban J connectivity index is 1.80. The number of thiocarbonyl (C=S) groups is 1. The zero-order valence-corrected chi connectivity index (χ0v) is 19.0. The Morgan fingerprint density at radius 3 is 2.36 bits per heavy atom. The zero-order valence-electron chi connectivity index (χ0n) is 18.2. The third-order valence-corrected chi connectivity index (χ3v) is 6.05. The minimum absolute atomic E-state index is 0.144. The summed E-state index contributed by atoms with van der Waals surface area (Å²) >= 11 is 5.58. The maximum atomic E-state index is 12.1. The van der Waals surface area contributed by atoms with Gasteiger partial charge in [0.25, 0.3) is 0 Å². The van der Waals surface area contributed by atoms with Crippen LogP contribution in [-0.2, 0) is 4.74 Å². The third-order valence-electron chi connectivity index (χ3n) is 5.79. The van der Waals surface area contributed by atoms with Crippen LogP contribution < -0.4 is 16.0 Å². The molecule has 7 heteroatoms. The van der Waals surface area contributed by atoms with Crippen LogP contribution in [0.2, 0.25) is 0 Å². The van der Waals surface area contributed by atoms with E-state index in [1.807, 2.05) is 20.8 Å². The van der Waals surface area contributed by atoms with Gasteiger partial charge in [0.05, 0.1) is 0 Å². The van der Waals surface area contributed by atoms with Gasteiger partial charge in [0.2, 0.25) is 0 Å². The maximum Gasteiger partial charge on any atom is 0.407 e. The Bertz CT molecular complexity index is 495. The summed E-state index contributed by atoms with van der Waals surface area (Å²) < 4.78 is 5.39. The van der Waals surface area contributed by atoms with Crippen LogP contribution in [0.5, 0.6) is 0 Å². The van der Waals surface area contributed by atoms with Gasteiger partial charge in [-0.25, -0.2) is 4.79 Å². The molecule has 6 nitrogen and oxygen atoms in total. The Morgan fingerprint density at radius 2 is 1.75 bits per heavy atom. The van der Waals surface area contributed by atoms with Crippen molar-refractivity contribution in [1.29, 1.82) is 0 Å². The van der Waals surface area contributed by atoms with Gasteiger partial charge in [0, 0.05) is 19.1 Å². The molecular weight excluding hydrogens is 372 g/mol. The van der Waals surface area contributed by atoms with E-state index >= 15 is 0 Å². The van der Waals surface area contributed by atoms with Crippen molar-refractivity contribution in [3.05, 3.63) is 0 Å². The van der Waals surface area contributed by atoms with Gasteiger partial charge in [0.15, 0.2) is 5.11 Å². The highest BCUT2D eigenvalue weighted by Crippen LogP contribution is 2.26. The molecule has 0 aromatic carbocycles. The second-order valence-corrected chi connectivity index (χ2v) is 9.90. The normalized spacial score (nSPS) is 21.0. The molecule has 0 spiro atoms. The van der Waals surface area contributed by atoms with Crippen molar-refractivity contribution in [3.63, 3.8) is 0 Å². The highest BCUT2D eigenvalue weighted by molar-refractivity contribution is 7.80. The van der Waals surface area contributed by atoms with Crippen molar-refractivity contribution in [2.24, 2.45) is 11.8 Å². The van der Waals surface area contributed by atoms with Crippen LogP contribution in [0.1, 0.15) is 65.7 Å². The van der Waals surface area contributed by atoms with Crippen LogP contribution in [0, 0.1) is 11.8 Å². The summed E-state index contributed by atoms with van der Waals surface area (Å²) in [7, 11) is 2.18. The van der Waals surface area contributed by atoms with Crippen molar-refractivity contribution in [2.75, 3.05) is 33.2 Å². The highest BCUT2D eigenvalue weighted by Gasteiger charge is 2.26. The molecule has 28 heavy (non-hydrogen) atoms. The van der Waals surface area contributed by atoms with Gasteiger partial charge in [-0.2, -0.15) is 0 Å². The molecule has 1 saturated heterocycles. The van der Waals surface area contributed by atoms with Crippen molar-refractivity contribution in [1.82, 2.24) is 20.9 Å². The predicted molar refractivity (Wildman–Crippen MR) is 119 cm³/mol. The first kappa shape index (κ1) is 23.2. The fraction of sp³-hybridized carbons (Fsp3) is 0.905. The Hall–Kier alpha value is -1.08. The number of nitrogens with one attached hydrogen (secondary N) is 3. The second-order valence-electron chi connectivity index (χ2n) is 9.49. The Morgan fingerprint density at radius 1 is 1.11 bits per heavy atom. The molecular formula is C21H40N4O2S. The summed E-state index contributed by atoms with van der Waals surface area (Å²) in [6, 6.07) is 0.144. The van der Waals surface area contributed by atoms with Crippen LogP contribution in [0.25, 0.3) is 0 Å². The van der Waals surface area contributed by atoms with Crippen molar-refractivity contribution in [2.45, 2.75) is 77.4 Å². The number of carbonyl (C=O) groups excluding carboxylic acids is 1. The van der Waals surface area contributed by atoms with E-state index < -0.39 is 5.60 Å². The van der Waals surface area contributed by atoms with Crippen molar-refractivity contribution in [3.8, 4) is 0 Å². The zero-order chi connectivity index (χ0) is 20.6. The minimum atomic E-state index is -0.483. The van der Waals surface area contributed by atoms with E-state index in [0.29, 0.717) is 23.5 Å². The van der Waals surface area contributed by atoms with E-state index in [0.717, 1.165) is 19.6 Å². The number of nitrogens with zero attached hydrogens (tertiary/aromatic N) is 1. The van der Waals surface area contributed by atoms with Crippen LogP contribution in [0.4, 0.5) is 4.79 Å². The molecule has 0 aromatic heterocycles. The molecule has 0 aromatic rings. The highest BCUT2D eigenvalue weighted by atomic mass is 32.1. The van der Waals surface area contributed by atoms with Gasteiger partial charge in [-0.15, -0.1) is 0 Å². The number of piperidine rings is 1. The molecule has 1 aliphatic carbocycles. The SMILES string of the molecule is CN1CCC(CNC(=S)NC(CNC(=O)OC(C)(C)C)C2CCCCC2)CC1.